The van der Waals surface area contributed by atoms with Crippen LogP contribution in [-0.2, 0) is 16.6 Å². The highest BCUT2D eigenvalue weighted by atomic mass is 16.2. The van der Waals surface area contributed by atoms with Gasteiger partial charge in [-0.2, -0.15) is 0 Å². The average Bonchev–Trinajstić information content (AvgIpc) is 3.11. The number of amides is 2. The third-order valence-corrected chi connectivity index (χ3v) is 5.06. The van der Waals surface area contributed by atoms with Crippen molar-refractivity contribution in [3.8, 4) is 0 Å². The molecule has 0 spiro atoms. The molecule has 0 saturated carbocycles. The molecule has 1 aromatic heterocycles. The van der Waals surface area contributed by atoms with E-state index >= 15 is 0 Å². The number of hydrogen-bond acceptors (Lipinski definition) is 3. The molecule has 6 heteroatoms. The van der Waals surface area contributed by atoms with Crippen molar-refractivity contribution < 1.29 is 9.59 Å². The van der Waals surface area contributed by atoms with Gasteiger partial charge in [0.25, 0.3) is 0 Å². The van der Waals surface area contributed by atoms with Crippen molar-refractivity contribution in [1.82, 2.24) is 19.8 Å². The van der Waals surface area contributed by atoms with Gasteiger partial charge < -0.3 is 14.8 Å². The number of likely N-dealkylation sites (tertiary alicyclic amines) is 1. The number of rotatable bonds is 5. The zero-order chi connectivity index (χ0) is 18.5. The van der Waals surface area contributed by atoms with Gasteiger partial charge in [-0.3, -0.25) is 9.59 Å². The third-order valence-electron chi connectivity index (χ3n) is 5.06. The zero-order valence-electron chi connectivity index (χ0n) is 15.4. The van der Waals surface area contributed by atoms with Crippen LogP contribution in [0.2, 0.25) is 0 Å². The number of carbonyl (C=O) groups is 2. The predicted molar refractivity (Wildman–Crippen MR) is 99.2 cm³/mol. The smallest absolute Gasteiger partial charge is 0.224 e. The van der Waals surface area contributed by atoms with E-state index in [4.69, 9.17) is 0 Å². The van der Waals surface area contributed by atoms with Crippen LogP contribution < -0.4 is 5.32 Å². The first-order chi connectivity index (χ1) is 12.6. The molecule has 1 aromatic carbocycles. The van der Waals surface area contributed by atoms with E-state index in [-0.39, 0.29) is 23.8 Å². The normalized spacial score (nSPS) is 16.3. The lowest BCUT2D eigenvalue weighted by Gasteiger charge is -2.32. The third kappa shape index (κ3) is 3.95. The molecule has 6 nitrogen and oxygen atoms in total. The predicted octanol–water partition coefficient (Wildman–Crippen LogP) is 2.27. The Morgan fingerprint density at radius 2 is 1.92 bits per heavy atom. The Morgan fingerprint density at radius 1 is 1.23 bits per heavy atom. The second-order valence-corrected chi connectivity index (χ2v) is 6.76. The minimum absolute atomic E-state index is 0.0328. The lowest BCUT2D eigenvalue weighted by Crippen LogP contribution is -2.44. The minimum Gasteiger partial charge on any atom is -0.343 e. The molecular formula is C20H26N4O2. The summed E-state index contributed by atoms with van der Waals surface area (Å²) in [5.74, 6) is 0.940. The Balaban J connectivity index is 1.71. The molecule has 1 aliphatic heterocycles. The molecule has 2 aromatic rings. The molecule has 0 radical (unpaired) electrons. The second-order valence-electron chi connectivity index (χ2n) is 6.76. The number of carbonyl (C=O) groups excluding carboxylic acids is 2. The van der Waals surface area contributed by atoms with Gasteiger partial charge in [-0.15, -0.1) is 0 Å². The highest BCUT2D eigenvalue weighted by Crippen LogP contribution is 2.23. The van der Waals surface area contributed by atoms with E-state index in [0.29, 0.717) is 32.4 Å². The first kappa shape index (κ1) is 18.2. The van der Waals surface area contributed by atoms with Crippen molar-refractivity contribution in [2.45, 2.75) is 32.2 Å². The summed E-state index contributed by atoms with van der Waals surface area (Å²) < 4.78 is 1.93. The van der Waals surface area contributed by atoms with Crippen LogP contribution in [0.15, 0.2) is 42.7 Å². The van der Waals surface area contributed by atoms with E-state index in [1.54, 1.807) is 6.20 Å². The molecular weight excluding hydrogens is 328 g/mol. The Hall–Kier alpha value is -2.63. The van der Waals surface area contributed by atoms with E-state index < -0.39 is 0 Å². The summed E-state index contributed by atoms with van der Waals surface area (Å²) in [7, 11) is 1.93. The Bertz CT molecular complexity index is 748. The number of aromatic nitrogens is 2. The second kappa shape index (κ2) is 8.17. The molecule has 1 saturated heterocycles. The van der Waals surface area contributed by atoms with Gasteiger partial charge in [-0.1, -0.05) is 37.3 Å². The minimum atomic E-state index is -0.279. The fraction of sp³-hybridized carbons (Fsp3) is 0.450. The molecule has 3 rings (SSSR count). The molecule has 1 aliphatic rings. The molecule has 1 fully saturated rings. The van der Waals surface area contributed by atoms with E-state index in [1.165, 1.54) is 0 Å². The summed E-state index contributed by atoms with van der Waals surface area (Å²) >= 11 is 0. The SMILES string of the molecule is CCC(=O)N1CCC(C(=O)NC(c2ccccc2)c2nccn2C)CC1. The lowest BCUT2D eigenvalue weighted by atomic mass is 9.94. The number of imidazole rings is 1. The van der Waals surface area contributed by atoms with Crippen LogP contribution >= 0.6 is 0 Å². The Labute approximate surface area is 154 Å². The number of aryl methyl sites for hydroxylation is 1. The van der Waals surface area contributed by atoms with Gasteiger partial charge in [0.15, 0.2) is 0 Å². The van der Waals surface area contributed by atoms with E-state index in [9.17, 15) is 9.59 Å². The number of nitrogens with zero attached hydrogens (tertiary/aromatic N) is 3. The van der Waals surface area contributed by atoms with E-state index in [2.05, 4.69) is 10.3 Å². The maximum Gasteiger partial charge on any atom is 0.224 e. The van der Waals surface area contributed by atoms with E-state index in [0.717, 1.165) is 11.4 Å². The van der Waals surface area contributed by atoms with Crippen LogP contribution in [0.1, 0.15) is 43.6 Å². The molecule has 2 amide bonds. The van der Waals surface area contributed by atoms with Crippen LogP contribution in [0, 0.1) is 5.92 Å². The van der Waals surface area contributed by atoms with E-state index in [1.807, 2.05) is 60.0 Å². The topological polar surface area (TPSA) is 67.2 Å². The number of piperidine rings is 1. The van der Waals surface area contributed by atoms with Crippen LogP contribution in [0.25, 0.3) is 0 Å². The molecule has 26 heavy (non-hydrogen) atoms. The van der Waals surface area contributed by atoms with Crippen LogP contribution in [-0.4, -0.2) is 39.4 Å². The summed E-state index contributed by atoms with van der Waals surface area (Å²) in [5, 5.41) is 3.18. The lowest BCUT2D eigenvalue weighted by molar-refractivity contribution is -0.135. The average molecular weight is 354 g/mol. The molecule has 138 valence electrons. The summed E-state index contributed by atoms with van der Waals surface area (Å²) in [6, 6.07) is 9.61. The maximum absolute atomic E-state index is 12.9. The number of benzene rings is 1. The van der Waals surface area contributed by atoms with Gasteiger partial charge in [-0.05, 0) is 18.4 Å². The van der Waals surface area contributed by atoms with Crippen LogP contribution in [0.3, 0.4) is 0 Å². The Morgan fingerprint density at radius 3 is 2.50 bits per heavy atom. The molecule has 1 atom stereocenters. The van der Waals surface area contributed by atoms with Crippen molar-refractivity contribution in [3.05, 3.63) is 54.1 Å². The highest BCUT2D eigenvalue weighted by Gasteiger charge is 2.29. The number of nitrogens with one attached hydrogen (secondary N) is 1. The summed E-state index contributed by atoms with van der Waals surface area (Å²) in [4.78, 5) is 31.0. The monoisotopic (exact) mass is 354 g/mol. The van der Waals surface area contributed by atoms with Gasteiger partial charge in [0.05, 0.1) is 0 Å². The largest absolute Gasteiger partial charge is 0.343 e. The summed E-state index contributed by atoms with van der Waals surface area (Å²) in [6.45, 7) is 3.19. The first-order valence-electron chi connectivity index (χ1n) is 9.20. The van der Waals surface area contributed by atoms with Gasteiger partial charge in [0.1, 0.15) is 11.9 Å². The summed E-state index contributed by atoms with van der Waals surface area (Å²) in [6.07, 6.45) is 5.56. The van der Waals surface area contributed by atoms with Crippen molar-refractivity contribution in [1.29, 1.82) is 0 Å². The highest BCUT2D eigenvalue weighted by molar-refractivity contribution is 5.80. The van der Waals surface area contributed by atoms with Gasteiger partial charge in [0, 0.05) is 44.9 Å². The van der Waals surface area contributed by atoms with Crippen molar-refractivity contribution in [2.75, 3.05) is 13.1 Å². The maximum atomic E-state index is 12.9. The Kier molecular flexibility index (Phi) is 5.71. The molecule has 2 heterocycles. The van der Waals surface area contributed by atoms with Gasteiger partial charge in [0.2, 0.25) is 11.8 Å². The quantitative estimate of drug-likeness (QED) is 0.896. The first-order valence-corrected chi connectivity index (χ1v) is 9.20. The van der Waals surface area contributed by atoms with Crippen LogP contribution in [0.4, 0.5) is 0 Å². The number of hydrogen-bond donors (Lipinski definition) is 1. The fourth-order valence-electron chi connectivity index (χ4n) is 3.47. The van der Waals surface area contributed by atoms with Crippen molar-refractivity contribution >= 4 is 11.8 Å². The molecule has 0 bridgehead atoms. The standard InChI is InChI=1S/C20H26N4O2/c1-3-17(25)24-12-9-16(10-13-24)20(26)22-18(15-7-5-4-6-8-15)19-21-11-14-23(19)2/h4-8,11,14,16,18H,3,9-10,12-13H2,1-2H3,(H,22,26). The fourth-order valence-corrected chi connectivity index (χ4v) is 3.47. The molecule has 0 aliphatic carbocycles. The van der Waals surface area contributed by atoms with Crippen LogP contribution in [0.5, 0.6) is 0 Å². The zero-order valence-corrected chi connectivity index (χ0v) is 15.4. The van der Waals surface area contributed by atoms with Gasteiger partial charge >= 0.3 is 0 Å². The molecule has 1 N–H and O–H groups in total. The summed E-state index contributed by atoms with van der Waals surface area (Å²) in [5.41, 5.74) is 1.01. The van der Waals surface area contributed by atoms with Crippen molar-refractivity contribution in [3.63, 3.8) is 0 Å². The molecule has 1 unspecified atom stereocenters. The van der Waals surface area contributed by atoms with Gasteiger partial charge in [-0.25, -0.2) is 4.98 Å². The van der Waals surface area contributed by atoms with Crippen molar-refractivity contribution in [2.24, 2.45) is 13.0 Å².